The van der Waals surface area contributed by atoms with Gasteiger partial charge in [-0.25, -0.2) is 0 Å². The fraction of sp³-hybridized carbons (Fsp3) is 0.357. The number of rotatable bonds is 6. The lowest BCUT2D eigenvalue weighted by molar-refractivity contribution is -0.387. The smallest absolute Gasteiger partial charge is 0.305 e. The Morgan fingerprint density at radius 1 is 1.48 bits per heavy atom. The quantitative estimate of drug-likeness (QED) is 0.654. The third kappa shape index (κ3) is 3.25. The third-order valence-electron chi connectivity index (χ3n) is 3.45. The Bertz CT molecular complexity index is 667. The van der Waals surface area contributed by atoms with Crippen LogP contribution in [-0.2, 0) is 13.1 Å². The molecular formula is C14H15FN4O2. The van der Waals surface area contributed by atoms with Crippen LogP contribution in [0.3, 0.4) is 0 Å². The van der Waals surface area contributed by atoms with Gasteiger partial charge >= 0.3 is 5.69 Å². The van der Waals surface area contributed by atoms with Gasteiger partial charge in [0.15, 0.2) is 0 Å². The van der Waals surface area contributed by atoms with Gasteiger partial charge in [0.1, 0.15) is 0 Å². The van der Waals surface area contributed by atoms with Crippen LogP contribution in [0.2, 0.25) is 0 Å². The van der Waals surface area contributed by atoms with Crippen molar-refractivity contribution in [2.45, 2.75) is 32.0 Å². The highest BCUT2D eigenvalue weighted by Gasteiger charge is 2.20. The first-order valence-electron chi connectivity index (χ1n) is 6.80. The van der Waals surface area contributed by atoms with E-state index in [0.717, 1.165) is 18.2 Å². The molecule has 1 aliphatic rings. The number of nitrogens with zero attached hydrogens (tertiary/aromatic N) is 3. The van der Waals surface area contributed by atoms with Gasteiger partial charge < -0.3 is 5.32 Å². The molecule has 1 aliphatic carbocycles. The van der Waals surface area contributed by atoms with Crippen molar-refractivity contribution >= 4 is 5.69 Å². The van der Waals surface area contributed by atoms with E-state index in [-0.39, 0.29) is 12.1 Å². The highest BCUT2D eigenvalue weighted by molar-refractivity contribution is 5.36. The van der Waals surface area contributed by atoms with E-state index in [2.05, 4.69) is 10.4 Å². The van der Waals surface area contributed by atoms with Crippen LogP contribution in [0, 0.1) is 15.9 Å². The zero-order chi connectivity index (χ0) is 14.8. The summed E-state index contributed by atoms with van der Waals surface area (Å²) in [6.07, 6.45) is 5.98. The molecule has 0 radical (unpaired) electrons. The van der Waals surface area contributed by atoms with Crippen LogP contribution in [0.4, 0.5) is 10.1 Å². The van der Waals surface area contributed by atoms with Gasteiger partial charge in [0.25, 0.3) is 0 Å². The summed E-state index contributed by atoms with van der Waals surface area (Å²) >= 11 is 0. The highest BCUT2D eigenvalue weighted by Crippen LogP contribution is 2.21. The second-order valence-electron chi connectivity index (χ2n) is 5.21. The van der Waals surface area contributed by atoms with Crippen molar-refractivity contribution in [2.75, 3.05) is 0 Å². The number of nitrogens with one attached hydrogen (secondary N) is 1. The summed E-state index contributed by atoms with van der Waals surface area (Å²) < 4.78 is 15.6. The minimum absolute atomic E-state index is 0.178. The predicted octanol–water partition coefficient (Wildman–Crippen LogP) is 2.23. The lowest BCUT2D eigenvalue weighted by Crippen LogP contribution is -2.14. The fourth-order valence-electron chi connectivity index (χ4n) is 2.14. The topological polar surface area (TPSA) is 73.0 Å². The fourth-order valence-corrected chi connectivity index (χ4v) is 2.14. The van der Waals surface area contributed by atoms with Gasteiger partial charge in [-0.1, -0.05) is 12.1 Å². The van der Waals surface area contributed by atoms with Crippen molar-refractivity contribution in [2.24, 2.45) is 0 Å². The molecule has 0 atom stereocenters. The lowest BCUT2D eigenvalue weighted by atomic mass is 10.2. The van der Waals surface area contributed by atoms with Crippen molar-refractivity contribution in [1.29, 1.82) is 0 Å². The number of hydrogen-bond donors (Lipinski definition) is 1. The number of benzene rings is 1. The first kappa shape index (κ1) is 13.7. The van der Waals surface area contributed by atoms with Gasteiger partial charge in [-0.05, 0) is 12.8 Å². The van der Waals surface area contributed by atoms with Crippen molar-refractivity contribution in [3.8, 4) is 0 Å². The number of halogens is 1. The molecule has 3 rings (SSSR count). The first-order chi connectivity index (χ1) is 10.1. The molecule has 2 aromatic rings. The maximum Gasteiger partial charge on any atom is 0.305 e. The number of nitro groups is 1. The number of aromatic nitrogens is 2. The zero-order valence-corrected chi connectivity index (χ0v) is 11.3. The SMILES string of the molecule is O=[N+]([O-])c1cccc(Cn2cc(CNC3CC3)cn2)c1F. The summed E-state index contributed by atoms with van der Waals surface area (Å²) in [7, 11) is 0. The normalized spacial score (nSPS) is 14.3. The highest BCUT2D eigenvalue weighted by atomic mass is 19.1. The molecule has 1 N–H and O–H groups in total. The van der Waals surface area contributed by atoms with Gasteiger partial charge in [-0.3, -0.25) is 14.8 Å². The van der Waals surface area contributed by atoms with Crippen molar-refractivity contribution in [1.82, 2.24) is 15.1 Å². The maximum atomic E-state index is 14.0. The number of hydrogen-bond acceptors (Lipinski definition) is 4. The second kappa shape index (κ2) is 5.61. The molecule has 0 unspecified atom stereocenters. The van der Waals surface area contributed by atoms with Crippen LogP contribution in [0.25, 0.3) is 0 Å². The summed E-state index contributed by atoms with van der Waals surface area (Å²) in [5.41, 5.74) is 0.775. The third-order valence-corrected chi connectivity index (χ3v) is 3.45. The average Bonchev–Trinajstić information content (AvgIpc) is 3.18. The van der Waals surface area contributed by atoms with Crippen LogP contribution in [0.5, 0.6) is 0 Å². The second-order valence-corrected chi connectivity index (χ2v) is 5.21. The van der Waals surface area contributed by atoms with Gasteiger partial charge in [0.05, 0.1) is 17.7 Å². The van der Waals surface area contributed by atoms with Gasteiger partial charge in [0.2, 0.25) is 5.82 Å². The predicted molar refractivity (Wildman–Crippen MR) is 74.2 cm³/mol. The Labute approximate surface area is 120 Å². The molecule has 1 saturated carbocycles. The lowest BCUT2D eigenvalue weighted by Gasteiger charge is -2.04. The van der Waals surface area contributed by atoms with E-state index >= 15 is 0 Å². The number of nitro benzene ring substituents is 1. The van der Waals surface area contributed by atoms with Gasteiger partial charge in [0, 0.05) is 36.0 Å². The molecule has 21 heavy (non-hydrogen) atoms. The largest absolute Gasteiger partial charge is 0.310 e. The van der Waals surface area contributed by atoms with Crippen molar-refractivity contribution in [3.63, 3.8) is 0 Å². The summed E-state index contributed by atoms with van der Waals surface area (Å²) in [6, 6.07) is 4.79. The molecule has 0 aliphatic heterocycles. The minimum atomic E-state index is -0.796. The van der Waals surface area contributed by atoms with E-state index in [4.69, 9.17) is 0 Å². The minimum Gasteiger partial charge on any atom is -0.310 e. The molecule has 0 bridgehead atoms. The van der Waals surface area contributed by atoms with E-state index in [0.29, 0.717) is 6.04 Å². The van der Waals surface area contributed by atoms with Crippen LogP contribution < -0.4 is 5.32 Å². The van der Waals surface area contributed by atoms with Crippen LogP contribution in [0.15, 0.2) is 30.6 Å². The zero-order valence-electron chi connectivity index (χ0n) is 11.3. The molecule has 0 amide bonds. The summed E-state index contributed by atoms with van der Waals surface area (Å²) in [6.45, 7) is 0.916. The molecule has 0 spiro atoms. The van der Waals surface area contributed by atoms with Crippen molar-refractivity contribution < 1.29 is 9.31 Å². The van der Waals surface area contributed by atoms with E-state index in [1.807, 2.05) is 6.20 Å². The molecule has 1 heterocycles. The summed E-state index contributed by atoms with van der Waals surface area (Å²) in [5, 5.41) is 18.3. The molecule has 110 valence electrons. The first-order valence-corrected chi connectivity index (χ1v) is 6.80. The Morgan fingerprint density at radius 2 is 2.29 bits per heavy atom. The monoisotopic (exact) mass is 290 g/mol. The Kier molecular flexibility index (Phi) is 3.66. The Hall–Kier alpha value is -2.28. The maximum absolute atomic E-state index is 14.0. The van der Waals surface area contributed by atoms with Crippen molar-refractivity contribution in [3.05, 3.63) is 57.7 Å². The van der Waals surface area contributed by atoms with Gasteiger partial charge in [-0.15, -0.1) is 0 Å². The molecule has 1 fully saturated rings. The molecule has 1 aromatic carbocycles. The summed E-state index contributed by atoms with van der Waals surface area (Å²) in [5.74, 6) is -0.796. The Morgan fingerprint density at radius 3 is 3.00 bits per heavy atom. The average molecular weight is 290 g/mol. The Balaban J connectivity index is 1.71. The molecule has 6 nitrogen and oxygen atoms in total. The van der Waals surface area contributed by atoms with Crippen LogP contribution in [0.1, 0.15) is 24.0 Å². The van der Waals surface area contributed by atoms with E-state index in [9.17, 15) is 14.5 Å². The summed E-state index contributed by atoms with van der Waals surface area (Å²) in [4.78, 5) is 10.0. The standard InChI is InChI=1S/C14H15FN4O2/c15-14-11(2-1-3-13(14)19(20)21)9-18-8-10(7-17-18)6-16-12-4-5-12/h1-3,7-8,12,16H,4-6,9H2. The van der Waals surface area contributed by atoms with E-state index in [1.54, 1.807) is 10.9 Å². The van der Waals surface area contributed by atoms with E-state index in [1.165, 1.54) is 25.0 Å². The van der Waals surface area contributed by atoms with Gasteiger partial charge in [-0.2, -0.15) is 9.49 Å². The van der Waals surface area contributed by atoms with E-state index < -0.39 is 16.4 Å². The van der Waals surface area contributed by atoms with Crippen LogP contribution >= 0.6 is 0 Å². The molecule has 0 saturated heterocycles. The molecular weight excluding hydrogens is 275 g/mol. The molecule has 1 aromatic heterocycles. The van der Waals surface area contributed by atoms with Crippen LogP contribution in [-0.4, -0.2) is 20.7 Å². The molecule has 7 heteroatoms.